The molecule has 0 bridgehead atoms. The molecule has 6 heteroatoms. The van der Waals surface area contributed by atoms with Crippen LogP contribution in [0.4, 0.5) is 4.39 Å². The van der Waals surface area contributed by atoms with Gasteiger partial charge in [0.15, 0.2) is 11.9 Å². The number of hydrogen-bond donors (Lipinski definition) is 3. The number of aliphatic hydroxyl groups excluding tert-OH is 3. The van der Waals surface area contributed by atoms with E-state index >= 15 is 0 Å². The molecule has 0 saturated heterocycles. The van der Waals surface area contributed by atoms with Crippen LogP contribution < -0.4 is 0 Å². The molecular weight excluding hydrogens is 171 g/mol. The zero-order valence-electron chi connectivity index (χ0n) is 5.90. The van der Waals surface area contributed by atoms with Gasteiger partial charge in [-0.05, 0) is 0 Å². The number of esters is 1. The lowest BCUT2D eigenvalue weighted by Gasteiger charge is -2.13. The predicted molar refractivity (Wildman–Crippen MR) is 33.7 cm³/mol. The first-order valence-electron chi connectivity index (χ1n) is 3.16. The van der Waals surface area contributed by atoms with Gasteiger partial charge in [-0.25, -0.2) is 4.79 Å². The number of aliphatic hydroxyl groups is 3. The fraction of sp³-hybridized carbons (Fsp3) is 0.500. The molecule has 12 heavy (non-hydrogen) atoms. The first-order valence-corrected chi connectivity index (χ1v) is 3.16. The second kappa shape index (κ2) is 3.08. The third-order valence-electron chi connectivity index (χ3n) is 1.44. The third kappa shape index (κ3) is 1.26. The Balaban J connectivity index is 2.80. The maximum atomic E-state index is 12.4. The molecule has 0 amide bonds. The highest BCUT2D eigenvalue weighted by atomic mass is 19.1. The molecule has 2 atom stereocenters. The summed E-state index contributed by atoms with van der Waals surface area (Å²) in [7, 11) is 0. The monoisotopic (exact) mass is 178 g/mol. The van der Waals surface area contributed by atoms with Crippen molar-refractivity contribution >= 4 is 5.97 Å². The Morgan fingerprint density at radius 3 is 2.58 bits per heavy atom. The van der Waals surface area contributed by atoms with Crippen molar-refractivity contribution in [3.05, 3.63) is 11.6 Å². The van der Waals surface area contributed by atoms with Crippen LogP contribution in [0.25, 0.3) is 0 Å². The summed E-state index contributed by atoms with van der Waals surface area (Å²) in [5.41, 5.74) is 0. The summed E-state index contributed by atoms with van der Waals surface area (Å²) in [6.07, 6.45) is -2.98. The second-order valence-corrected chi connectivity index (χ2v) is 2.28. The minimum Gasteiger partial charge on any atom is -0.506 e. The molecule has 0 aromatic rings. The molecule has 1 heterocycles. The van der Waals surface area contributed by atoms with Gasteiger partial charge in [-0.15, -0.1) is 0 Å². The summed E-state index contributed by atoms with van der Waals surface area (Å²) in [4.78, 5) is 10.4. The SMILES string of the molecule is O=C1O[C@H]([C@@H](O)CO)C(O)=C1F. The van der Waals surface area contributed by atoms with Crippen LogP contribution in [-0.2, 0) is 9.53 Å². The van der Waals surface area contributed by atoms with Crippen molar-refractivity contribution in [2.24, 2.45) is 0 Å². The first-order chi connectivity index (χ1) is 5.57. The average Bonchev–Trinajstić information content (AvgIpc) is 2.32. The van der Waals surface area contributed by atoms with Gasteiger partial charge in [0.1, 0.15) is 6.10 Å². The number of halogens is 1. The Morgan fingerprint density at radius 2 is 2.25 bits per heavy atom. The highest BCUT2D eigenvalue weighted by Crippen LogP contribution is 2.23. The number of cyclic esters (lactones) is 1. The van der Waals surface area contributed by atoms with E-state index < -0.39 is 36.4 Å². The van der Waals surface area contributed by atoms with Crippen LogP contribution in [0.15, 0.2) is 11.6 Å². The van der Waals surface area contributed by atoms with Crippen LogP contribution in [0.1, 0.15) is 0 Å². The van der Waals surface area contributed by atoms with E-state index in [2.05, 4.69) is 4.74 Å². The molecule has 0 unspecified atom stereocenters. The molecule has 0 aliphatic carbocycles. The van der Waals surface area contributed by atoms with Gasteiger partial charge in [0.2, 0.25) is 5.83 Å². The summed E-state index contributed by atoms with van der Waals surface area (Å²) in [5, 5.41) is 26.1. The highest BCUT2D eigenvalue weighted by Gasteiger charge is 2.39. The van der Waals surface area contributed by atoms with Crippen molar-refractivity contribution in [1.29, 1.82) is 0 Å². The lowest BCUT2D eigenvalue weighted by molar-refractivity contribution is -0.147. The van der Waals surface area contributed by atoms with Crippen LogP contribution >= 0.6 is 0 Å². The topological polar surface area (TPSA) is 87.0 Å². The zero-order chi connectivity index (χ0) is 9.30. The van der Waals surface area contributed by atoms with Gasteiger partial charge in [-0.2, -0.15) is 4.39 Å². The van der Waals surface area contributed by atoms with Gasteiger partial charge in [0.05, 0.1) is 6.61 Å². The molecule has 0 aromatic heterocycles. The molecule has 1 aliphatic rings. The normalized spacial score (nSPS) is 25.9. The summed E-state index contributed by atoms with van der Waals surface area (Å²) < 4.78 is 16.6. The minimum atomic E-state index is -1.50. The van der Waals surface area contributed by atoms with E-state index in [1.807, 2.05) is 0 Å². The maximum absolute atomic E-state index is 12.4. The maximum Gasteiger partial charge on any atom is 0.371 e. The smallest absolute Gasteiger partial charge is 0.371 e. The molecular formula is C6H7FO5. The van der Waals surface area contributed by atoms with Crippen LogP contribution in [0.5, 0.6) is 0 Å². The van der Waals surface area contributed by atoms with E-state index in [4.69, 9.17) is 15.3 Å². The van der Waals surface area contributed by atoms with Crippen molar-refractivity contribution in [3.8, 4) is 0 Å². The van der Waals surface area contributed by atoms with Crippen molar-refractivity contribution in [3.63, 3.8) is 0 Å². The fourth-order valence-corrected chi connectivity index (χ4v) is 0.809. The lowest BCUT2D eigenvalue weighted by atomic mass is 10.2. The van der Waals surface area contributed by atoms with Gasteiger partial charge in [0.25, 0.3) is 0 Å². The largest absolute Gasteiger partial charge is 0.506 e. The van der Waals surface area contributed by atoms with Crippen molar-refractivity contribution in [2.75, 3.05) is 6.61 Å². The minimum absolute atomic E-state index is 0.727. The summed E-state index contributed by atoms with van der Waals surface area (Å²) in [6.45, 7) is -0.727. The predicted octanol–water partition coefficient (Wildman–Crippen LogP) is -0.996. The molecule has 1 aliphatic heterocycles. The number of ether oxygens (including phenoxy) is 1. The number of hydrogen-bond acceptors (Lipinski definition) is 5. The number of carbonyl (C=O) groups is 1. The molecule has 3 N–H and O–H groups in total. The lowest BCUT2D eigenvalue weighted by Crippen LogP contribution is -2.31. The Kier molecular flexibility index (Phi) is 2.30. The van der Waals surface area contributed by atoms with Crippen molar-refractivity contribution in [1.82, 2.24) is 0 Å². The molecule has 0 saturated carbocycles. The Morgan fingerprint density at radius 1 is 1.67 bits per heavy atom. The molecule has 0 aromatic carbocycles. The van der Waals surface area contributed by atoms with Gasteiger partial charge in [-0.1, -0.05) is 0 Å². The molecule has 68 valence electrons. The van der Waals surface area contributed by atoms with Gasteiger partial charge in [-0.3, -0.25) is 0 Å². The van der Waals surface area contributed by atoms with Crippen LogP contribution in [0, 0.1) is 0 Å². The van der Waals surface area contributed by atoms with Gasteiger partial charge >= 0.3 is 5.97 Å². The third-order valence-corrected chi connectivity index (χ3v) is 1.44. The summed E-state index contributed by atoms with van der Waals surface area (Å²) in [5.74, 6) is -3.72. The Labute approximate surface area is 66.7 Å². The zero-order valence-corrected chi connectivity index (χ0v) is 5.90. The fourth-order valence-electron chi connectivity index (χ4n) is 0.809. The summed E-state index contributed by atoms with van der Waals surface area (Å²) in [6, 6.07) is 0. The van der Waals surface area contributed by atoms with E-state index in [9.17, 15) is 9.18 Å². The average molecular weight is 178 g/mol. The molecule has 1 rings (SSSR count). The van der Waals surface area contributed by atoms with Crippen molar-refractivity contribution in [2.45, 2.75) is 12.2 Å². The second-order valence-electron chi connectivity index (χ2n) is 2.28. The van der Waals surface area contributed by atoms with Crippen LogP contribution in [0.2, 0.25) is 0 Å². The molecule has 0 fully saturated rings. The van der Waals surface area contributed by atoms with Crippen molar-refractivity contribution < 1.29 is 29.2 Å². The highest BCUT2D eigenvalue weighted by molar-refractivity contribution is 5.89. The van der Waals surface area contributed by atoms with E-state index in [1.54, 1.807) is 0 Å². The van der Waals surface area contributed by atoms with E-state index in [0.29, 0.717) is 0 Å². The standard InChI is InChI=1S/C6H7FO5/c7-3-4(10)5(2(9)1-8)12-6(3)11/h2,5,8-10H,1H2/t2-,5+/m0/s1. The van der Waals surface area contributed by atoms with Gasteiger partial charge < -0.3 is 20.1 Å². The van der Waals surface area contributed by atoms with Gasteiger partial charge in [0, 0.05) is 0 Å². The van der Waals surface area contributed by atoms with E-state index in [0.717, 1.165) is 0 Å². The first kappa shape index (κ1) is 8.95. The molecule has 0 spiro atoms. The molecule has 5 nitrogen and oxygen atoms in total. The Hall–Kier alpha value is -1.14. The van der Waals surface area contributed by atoms with Crippen LogP contribution in [0.3, 0.4) is 0 Å². The number of rotatable bonds is 2. The van der Waals surface area contributed by atoms with E-state index in [1.165, 1.54) is 0 Å². The summed E-state index contributed by atoms with van der Waals surface area (Å²) >= 11 is 0. The molecule has 0 radical (unpaired) electrons. The van der Waals surface area contributed by atoms with E-state index in [-0.39, 0.29) is 0 Å². The Bertz CT molecular complexity index is 236. The quantitative estimate of drug-likeness (QED) is 0.472. The number of carbonyl (C=O) groups excluding carboxylic acids is 1. The van der Waals surface area contributed by atoms with Crippen LogP contribution in [-0.4, -0.2) is 40.1 Å².